The molecule has 3 rings (SSSR count). The van der Waals surface area contributed by atoms with Gasteiger partial charge < -0.3 is 24.8 Å². The quantitative estimate of drug-likeness (QED) is 0.563. The SMILES string of the molecule is CCc1ccc(C2CCN(CCCCN)CC2)c(OCCOC2CCCCO2)c1. The normalized spacial score (nSPS) is 21.4. The van der Waals surface area contributed by atoms with Crippen molar-refractivity contribution in [3.63, 3.8) is 0 Å². The molecule has 5 heteroatoms. The molecule has 2 N–H and O–H groups in total. The number of nitrogens with two attached hydrogens (primary N) is 1. The van der Waals surface area contributed by atoms with Crippen LogP contribution in [0.4, 0.5) is 0 Å². The van der Waals surface area contributed by atoms with Gasteiger partial charge >= 0.3 is 0 Å². The van der Waals surface area contributed by atoms with Crippen molar-refractivity contribution in [1.82, 2.24) is 4.90 Å². The van der Waals surface area contributed by atoms with Gasteiger partial charge in [-0.05, 0) is 101 Å². The van der Waals surface area contributed by atoms with Gasteiger partial charge in [-0.25, -0.2) is 0 Å². The maximum atomic E-state index is 6.22. The molecule has 5 nitrogen and oxygen atoms in total. The fourth-order valence-electron chi connectivity index (χ4n) is 4.38. The molecular weight excluding hydrogens is 364 g/mol. The summed E-state index contributed by atoms with van der Waals surface area (Å²) < 4.78 is 17.7. The molecule has 1 aromatic rings. The minimum Gasteiger partial charge on any atom is -0.491 e. The Hall–Kier alpha value is -1.14. The smallest absolute Gasteiger partial charge is 0.157 e. The third-order valence-corrected chi connectivity index (χ3v) is 6.22. The Morgan fingerprint density at radius 2 is 1.97 bits per heavy atom. The van der Waals surface area contributed by atoms with E-state index in [0.717, 1.165) is 44.6 Å². The molecule has 1 aromatic carbocycles. The largest absolute Gasteiger partial charge is 0.491 e. The van der Waals surface area contributed by atoms with E-state index in [1.54, 1.807) is 0 Å². The van der Waals surface area contributed by atoms with Crippen molar-refractivity contribution in [2.24, 2.45) is 5.73 Å². The number of hydrogen-bond acceptors (Lipinski definition) is 5. The Labute approximate surface area is 176 Å². The lowest BCUT2D eigenvalue weighted by Crippen LogP contribution is -2.34. The molecule has 0 aromatic heterocycles. The summed E-state index contributed by atoms with van der Waals surface area (Å²) in [5, 5.41) is 0. The number of aryl methyl sites for hydroxylation is 1. The number of benzene rings is 1. The molecule has 1 atom stereocenters. The first-order chi connectivity index (χ1) is 14.3. The number of likely N-dealkylation sites (tertiary alicyclic amines) is 1. The van der Waals surface area contributed by atoms with E-state index < -0.39 is 0 Å². The van der Waals surface area contributed by atoms with Crippen molar-refractivity contribution in [2.75, 3.05) is 46.0 Å². The van der Waals surface area contributed by atoms with Gasteiger partial charge in [0.05, 0.1) is 6.61 Å². The van der Waals surface area contributed by atoms with E-state index in [1.807, 2.05) is 0 Å². The second-order valence-electron chi connectivity index (χ2n) is 8.35. The molecule has 0 spiro atoms. The molecule has 2 aliphatic rings. The maximum Gasteiger partial charge on any atom is 0.157 e. The Morgan fingerprint density at radius 3 is 2.69 bits per heavy atom. The number of piperidine rings is 1. The zero-order valence-electron chi connectivity index (χ0n) is 18.2. The summed E-state index contributed by atoms with van der Waals surface area (Å²) in [5.41, 5.74) is 8.33. The second kappa shape index (κ2) is 12.5. The van der Waals surface area contributed by atoms with Gasteiger partial charge in [-0.3, -0.25) is 0 Å². The van der Waals surface area contributed by atoms with Crippen LogP contribution in [0.3, 0.4) is 0 Å². The van der Waals surface area contributed by atoms with Crippen LogP contribution in [0.25, 0.3) is 0 Å². The zero-order chi connectivity index (χ0) is 20.3. The summed E-state index contributed by atoms with van der Waals surface area (Å²) in [5.74, 6) is 1.64. The van der Waals surface area contributed by atoms with Crippen LogP contribution >= 0.6 is 0 Å². The Morgan fingerprint density at radius 1 is 1.10 bits per heavy atom. The third-order valence-electron chi connectivity index (χ3n) is 6.22. The topological polar surface area (TPSA) is 57.0 Å². The fourth-order valence-corrected chi connectivity index (χ4v) is 4.38. The monoisotopic (exact) mass is 404 g/mol. The van der Waals surface area contributed by atoms with Gasteiger partial charge in [-0.1, -0.05) is 19.1 Å². The summed E-state index contributed by atoms with van der Waals surface area (Å²) in [7, 11) is 0. The number of unbranched alkanes of at least 4 members (excludes halogenated alkanes) is 1. The average Bonchev–Trinajstić information content (AvgIpc) is 2.78. The van der Waals surface area contributed by atoms with Crippen molar-refractivity contribution >= 4 is 0 Å². The van der Waals surface area contributed by atoms with E-state index in [4.69, 9.17) is 19.9 Å². The van der Waals surface area contributed by atoms with Crippen molar-refractivity contribution in [1.29, 1.82) is 0 Å². The summed E-state index contributed by atoms with van der Waals surface area (Å²) in [4.78, 5) is 2.59. The van der Waals surface area contributed by atoms with Crippen LogP contribution in [-0.2, 0) is 15.9 Å². The molecule has 2 fully saturated rings. The highest BCUT2D eigenvalue weighted by atomic mass is 16.7. The summed E-state index contributed by atoms with van der Waals surface area (Å²) in [6.07, 6.45) is 9.08. The molecule has 1 unspecified atom stereocenters. The fraction of sp³-hybridized carbons (Fsp3) is 0.750. The zero-order valence-corrected chi connectivity index (χ0v) is 18.2. The minimum absolute atomic E-state index is 0.0441. The van der Waals surface area contributed by atoms with Crippen LogP contribution in [0.5, 0.6) is 5.75 Å². The highest BCUT2D eigenvalue weighted by molar-refractivity contribution is 5.40. The van der Waals surface area contributed by atoms with E-state index in [1.165, 1.54) is 56.4 Å². The number of rotatable bonds is 11. The molecule has 0 aliphatic carbocycles. The van der Waals surface area contributed by atoms with Crippen LogP contribution in [-0.4, -0.2) is 57.2 Å². The number of hydrogen-bond donors (Lipinski definition) is 1. The van der Waals surface area contributed by atoms with Gasteiger partial charge in [0.1, 0.15) is 12.4 Å². The van der Waals surface area contributed by atoms with E-state index in [0.29, 0.717) is 19.1 Å². The summed E-state index contributed by atoms with van der Waals surface area (Å²) in [6.45, 7) is 8.51. The number of nitrogens with zero attached hydrogens (tertiary/aromatic N) is 1. The lowest BCUT2D eigenvalue weighted by molar-refractivity contribution is -0.165. The van der Waals surface area contributed by atoms with Gasteiger partial charge in [-0.15, -0.1) is 0 Å². The van der Waals surface area contributed by atoms with E-state index in [-0.39, 0.29) is 6.29 Å². The molecule has 2 aliphatic heterocycles. The molecule has 0 bridgehead atoms. The van der Waals surface area contributed by atoms with Gasteiger partial charge in [0.15, 0.2) is 6.29 Å². The Bertz CT molecular complexity index is 581. The van der Waals surface area contributed by atoms with Gasteiger partial charge in [-0.2, -0.15) is 0 Å². The minimum atomic E-state index is -0.0441. The van der Waals surface area contributed by atoms with Gasteiger partial charge in [0.2, 0.25) is 0 Å². The molecule has 2 heterocycles. The highest BCUT2D eigenvalue weighted by Gasteiger charge is 2.23. The molecule has 0 radical (unpaired) electrons. The first kappa shape index (κ1) is 22.5. The van der Waals surface area contributed by atoms with Crippen LogP contribution in [0.15, 0.2) is 18.2 Å². The maximum absolute atomic E-state index is 6.22. The van der Waals surface area contributed by atoms with Crippen LogP contribution < -0.4 is 10.5 Å². The molecular formula is C24H40N2O3. The predicted molar refractivity (Wildman–Crippen MR) is 118 cm³/mol. The highest BCUT2D eigenvalue weighted by Crippen LogP contribution is 2.35. The lowest BCUT2D eigenvalue weighted by Gasteiger charge is -2.33. The third kappa shape index (κ3) is 7.25. The first-order valence-corrected chi connectivity index (χ1v) is 11.7. The van der Waals surface area contributed by atoms with Crippen molar-refractivity contribution in [2.45, 2.75) is 70.5 Å². The van der Waals surface area contributed by atoms with Crippen LogP contribution in [0.2, 0.25) is 0 Å². The van der Waals surface area contributed by atoms with Crippen molar-refractivity contribution < 1.29 is 14.2 Å². The Kier molecular flexibility index (Phi) is 9.74. The van der Waals surface area contributed by atoms with Gasteiger partial charge in [0.25, 0.3) is 0 Å². The van der Waals surface area contributed by atoms with Crippen molar-refractivity contribution in [3.05, 3.63) is 29.3 Å². The standard InChI is InChI=1S/C24H40N2O3/c1-2-20-8-9-22(21-10-14-26(15-11-21)13-5-4-12-25)23(19-20)27-17-18-29-24-7-3-6-16-28-24/h8-9,19,21,24H,2-7,10-18,25H2,1H3. The number of ether oxygens (including phenoxy) is 3. The average molecular weight is 405 g/mol. The predicted octanol–water partition coefficient (Wildman–Crippen LogP) is 4.09. The first-order valence-electron chi connectivity index (χ1n) is 11.7. The molecule has 29 heavy (non-hydrogen) atoms. The second-order valence-corrected chi connectivity index (χ2v) is 8.35. The lowest BCUT2D eigenvalue weighted by atomic mass is 9.88. The molecule has 0 amide bonds. The molecule has 164 valence electrons. The summed E-state index contributed by atoms with van der Waals surface area (Å²) >= 11 is 0. The van der Waals surface area contributed by atoms with Crippen LogP contribution in [0.1, 0.15) is 68.9 Å². The van der Waals surface area contributed by atoms with E-state index >= 15 is 0 Å². The molecule has 0 saturated carbocycles. The van der Waals surface area contributed by atoms with Crippen molar-refractivity contribution in [3.8, 4) is 5.75 Å². The molecule has 2 saturated heterocycles. The van der Waals surface area contributed by atoms with Gasteiger partial charge in [0, 0.05) is 6.61 Å². The Balaban J connectivity index is 1.50. The van der Waals surface area contributed by atoms with E-state index in [9.17, 15) is 0 Å². The van der Waals surface area contributed by atoms with Crippen LogP contribution in [0, 0.1) is 0 Å². The van der Waals surface area contributed by atoms with E-state index in [2.05, 4.69) is 30.0 Å². The summed E-state index contributed by atoms with van der Waals surface area (Å²) in [6, 6.07) is 6.80.